The van der Waals surface area contributed by atoms with Gasteiger partial charge in [-0.3, -0.25) is 4.90 Å². The topological polar surface area (TPSA) is 15.7 Å². The second-order valence-electron chi connectivity index (χ2n) is 6.41. The fraction of sp³-hybridized carbons (Fsp3) is 0.938. The molecule has 0 N–H and O–H groups in total. The lowest BCUT2D eigenvalue weighted by molar-refractivity contribution is 0.0381. The first-order valence-electron chi connectivity index (χ1n) is 8.26. The Balaban J connectivity index is 1.60. The quantitative estimate of drug-likeness (QED) is 0.778. The zero-order chi connectivity index (χ0) is 13.1. The second kappa shape index (κ2) is 6.55. The van der Waals surface area contributed by atoms with Gasteiger partial charge in [0.2, 0.25) is 0 Å². The Kier molecular flexibility index (Phi) is 4.78. The van der Waals surface area contributed by atoms with Gasteiger partial charge in [-0.2, -0.15) is 0 Å². The van der Waals surface area contributed by atoms with Gasteiger partial charge in [-0.05, 0) is 70.6 Å². The van der Waals surface area contributed by atoms with E-state index in [-0.39, 0.29) is 0 Å². The van der Waals surface area contributed by atoms with Gasteiger partial charge < -0.3 is 9.64 Å². The Labute approximate surface area is 118 Å². The molecule has 3 nitrogen and oxygen atoms in total. The largest absolute Gasteiger partial charge is 0.380 e. The van der Waals surface area contributed by atoms with E-state index in [0.29, 0.717) is 6.04 Å². The van der Waals surface area contributed by atoms with Crippen molar-refractivity contribution in [2.45, 2.75) is 51.1 Å². The van der Waals surface area contributed by atoms with Gasteiger partial charge in [0, 0.05) is 18.7 Å². The molecule has 0 aromatic carbocycles. The third-order valence-corrected chi connectivity index (χ3v) is 5.42. The van der Waals surface area contributed by atoms with E-state index in [0.717, 1.165) is 25.2 Å². The number of hydrogen-bond acceptors (Lipinski definition) is 3. The highest BCUT2D eigenvalue weighted by molar-refractivity contribution is 4.95. The summed E-state index contributed by atoms with van der Waals surface area (Å²) >= 11 is 0. The fourth-order valence-corrected chi connectivity index (χ4v) is 4.18. The van der Waals surface area contributed by atoms with E-state index in [9.17, 15) is 0 Å². The van der Waals surface area contributed by atoms with Gasteiger partial charge in [-0.1, -0.05) is 6.92 Å². The van der Waals surface area contributed by atoms with Crippen LogP contribution in [0.25, 0.3) is 0 Å². The molecular weight excluding hydrogens is 236 g/mol. The molecule has 2 unspecified atom stereocenters. The molecule has 0 aliphatic carbocycles. The van der Waals surface area contributed by atoms with E-state index < -0.39 is 0 Å². The monoisotopic (exact) mass is 265 g/mol. The molecule has 19 heavy (non-hydrogen) atoms. The smallest absolute Gasteiger partial charge is 0.0622 e. The molecule has 2 atom stereocenters. The highest BCUT2D eigenvalue weighted by atomic mass is 16.5. The van der Waals surface area contributed by atoms with Crippen molar-refractivity contribution in [2.75, 3.05) is 39.4 Å². The molecule has 0 spiro atoms. The van der Waals surface area contributed by atoms with E-state index in [4.69, 9.17) is 4.74 Å². The average Bonchev–Trinajstić information content (AvgIpc) is 3.01. The van der Waals surface area contributed by atoms with E-state index in [1.165, 1.54) is 58.3 Å². The lowest BCUT2D eigenvalue weighted by Gasteiger charge is -2.45. The SMILES string of the molecule is CCN1CCC(C2C[CH]CCN2C2CCOC2)CC1. The Bertz CT molecular complexity index is 270. The zero-order valence-electron chi connectivity index (χ0n) is 12.4. The van der Waals surface area contributed by atoms with Crippen LogP contribution in [-0.2, 0) is 4.74 Å². The number of nitrogens with zero attached hydrogens (tertiary/aromatic N) is 2. The van der Waals surface area contributed by atoms with Crippen molar-refractivity contribution in [1.82, 2.24) is 9.80 Å². The van der Waals surface area contributed by atoms with Crippen molar-refractivity contribution < 1.29 is 4.74 Å². The first-order chi connectivity index (χ1) is 9.38. The third-order valence-electron chi connectivity index (χ3n) is 5.42. The Morgan fingerprint density at radius 3 is 2.68 bits per heavy atom. The van der Waals surface area contributed by atoms with Crippen molar-refractivity contribution >= 4 is 0 Å². The summed E-state index contributed by atoms with van der Waals surface area (Å²) in [6, 6.07) is 1.52. The standard InChI is InChI=1S/C16H29N2O/c1-2-17-10-6-14(7-11-17)16-5-3-4-9-18(16)15-8-12-19-13-15/h3,14-16H,2,4-13H2,1H3. The average molecular weight is 265 g/mol. The maximum absolute atomic E-state index is 5.62. The first kappa shape index (κ1) is 13.8. The molecule has 0 saturated carbocycles. The van der Waals surface area contributed by atoms with Crippen LogP contribution in [0.3, 0.4) is 0 Å². The maximum atomic E-state index is 5.62. The molecule has 3 aliphatic heterocycles. The molecule has 1 radical (unpaired) electrons. The molecule has 3 rings (SSSR count). The molecule has 3 aliphatic rings. The molecule has 3 fully saturated rings. The number of ether oxygens (including phenoxy) is 1. The third kappa shape index (κ3) is 3.14. The summed E-state index contributed by atoms with van der Waals surface area (Å²) in [5.41, 5.74) is 0. The van der Waals surface area contributed by atoms with E-state index in [1.807, 2.05) is 0 Å². The van der Waals surface area contributed by atoms with Crippen molar-refractivity contribution in [3.8, 4) is 0 Å². The van der Waals surface area contributed by atoms with Gasteiger partial charge in [-0.15, -0.1) is 0 Å². The van der Waals surface area contributed by atoms with Crippen molar-refractivity contribution in [2.24, 2.45) is 5.92 Å². The molecular formula is C16H29N2O. The van der Waals surface area contributed by atoms with Crippen LogP contribution >= 0.6 is 0 Å². The van der Waals surface area contributed by atoms with Gasteiger partial charge >= 0.3 is 0 Å². The Hall–Kier alpha value is -0.120. The van der Waals surface area contributed by atoms with Crippen LogP contribution in [0.5, 0.6) is 0 Å². The molecule has 109 valence electrons. The fourth-order valence-electron chi connectivity index (χ4n) is 4.18. The maximum Gasteiger partial charge on any atom is 0.0622 e. The Morgan fingerprint density at radius 1 is 1.16 bits per heavy atom. The molecule has 0 aromatic rings. The van der Waals surface area contributed by atoms with Crippen LogP contribution in [-0.4, -0.2) is 61.3 Å². The van der Waals surface area contributed by atoms with E-state index in [1.54, 1.807) is 0 Å². The first-order valence-corrected chi connectivity index (χ1v) is 8.26. The van der Waals surface area contributed by atoms with Crippen LogP contribution in [0.15, 0.2) is 0 Å². The number of hydrogen-bond donors (Lipinski definition) is 0. The lowest BCUT2D eigenvalue weighted by atomic mass is 9.83. The van der Waals surface area contributed by atoms with Crippen LogP contribution in [0.1, 0.15) is 39.0 Å². The summed E-state index contributed by atoms with van der Waals surface area (Å²) in [6.07, 6.45) is 9.18. The Morgan fingerprint density at radius 2 is 2.00 bits per heavy atom. The minimum absolute atomic E-state index is 0.711. The van der Waals surface area contributed by atoms with Crippen LogP contribution in [0.2, 0.25) is 0 Å². The summed E-state index contributed by atoms with van der Waals surface area (Å²) in [4.78, 5) is 5.41. The van der Waals surface area contributed by atoms with Crippen LogP contribution < -0.4 is 0 Å². The molecule has 3 heterocycles. The van der Waals surface area contributed by atoms with Gasteiger partial charge in [0.25, 0.3) is 0 Å². The summed E-state index contributed by atoms with van der Waals surface area (Å²) in [7, 11) is 0. The van der Waals surface area contributed by atoms with E-state index in [2.05, 4.69) is 23.1 Å². The zero-order valence-corrected chi connectivity index (χ0v) is 12.4. The van der Waals surface area contributed by atoms with Crippen molar-refractivity contribution in [3.05, 3.63) is 6.42 Å². The molecule has 3 heteroatoms. The summed E-state index contributed by atoms with van der Waals surface area (Å²) in [6.45, 7) is 9.36. The minimum atomic E-state index is 0.711. The molecule has 0 bridgehead atoms. The predicted octanol–water partition coefficient (Wildman–Crippen LogP) is 2.18. The summed E-state index contributed by atoms with van der Waals surface area (Å²) in [5, 5.41) is 0. The molecule has 3 saturated heterocycles. The van der Waals surface area contributed by atoms with Gasteiger partial charge in [0.05, 0.1) is 6.61 Å². The minimum Gasteiger partial charge on any atom is -0.380 e. The summed E-state index contributed by atoms with van der Waals surface area (Å²) < 4.78 is 5.62. The molecule has 0 aromatic heterocycles. The predicted molar refractivity (Wildman–Crippen MR) is 78.1 cm³/mol. The van der Waals surface area contributed by atoms with Gasteiger partial charge in [0.1, 0.15) is 0 Å². The number of likely N-dealkylation sites (tertiary alicyclic amines) is 2. The number of rotatable bonds is 3. The molecule has 0 amide bonds. The van der Waals surface area contributed by atoms with Crippen LogP contribution in [0.4, 0.5) is 0 Å². The summed E-state index contributed by atoms with van der Waals surface area (Å²) in [5.74, 6) is 0.917. The second-order valence-corrected chi connectivity index (χ2v) is 6.41. The van der Waals surface area contributed by atoms with Crippen molar-refractivity contribution in [1.29, 1.82) is 0 Å². The lowest BCUT2D eigenvalue weighted by Crippen LogP contribution is -2.52. The normalized spacial score (nSPS) is 35.8. The van der Waals surface area contributed by atoms with Crippen molar-refractivity contribution in [3.63, 3.8) is 0 Å². The van der Waals surface area contributed by atoms with Gasteiger partial charge in [0.15, 0.2) is 0 Å². The van der Waals surface area contributed by atoms with Crippen LogP contribution in [0, 0.1) is 12.3 Å². The highest BCUT2D eigenvalue weighted by Crippen LogP contribution is 2.32. The highest BCUT2D eigenvalue weighted by Gasteiger charge is 2.36. The van der Waals surface area contributed by atoms with E-state index >= 15 is 0 Å². The number of piperidine rings is 2. The van der Waals surface area contributed by atoms with Gasteiger partial charge in [-0.25, -0.2) is 0 Å².